The van der Waals surface area contributed by atoms with Crippen molar-refractivity contribution in [3.63, 3.8) is 0 Å². The summed E-state index contributed by atoms with van der Waals surface area (Å²) in [5.74, 6) is 6.53. The Hall–Kier alpha value is -3.05. The van der Waals surface area contributed by atoms with Crippen LogP contribution in [0.2, 0.25) is 18.1 Å². The van der Waals surface area contributed by atoms with Gasteiger partial charge in [-0.15, -0.1) is 0 Å². The second-order valence-corrected chi connectivity index (χ2v) is 17.8. The van der Waals surface area contributed by atoms with Gasteiger partial charge in [0.1, 0.15) is 16.8 Å². The number of rotatable bonds is 6. The van der Waals surface area contributed by atoms with Crippen LogP contribution in [0.5, 0.6) is 5.75 Å². The summed E-state index contributed by atoms with van der Waals surface area (Å²) in [4.78, 5) is 14.3. The summed E-state index contributed by atoms with van der Waals surface area (Å²) in [5, 5.41) is 3.63. The first-order valence-corrected chi connectivity index (χ1v) is 17.3. The lowest BCUT2D eigenvalue weighted by Crippen LogP contribution is -2.50. The van der Waals surface area contributed by atoms with Crippen molar-refractivity contribution in [3.8, 4) is 17.6 Å². The van der Waals surface area contributed by atoms with Crippen LogP contribution in [0.3, 0.4) is 0 Å². The maximum absolute atomic E-state index is 14.3. The zero-order chi connectivity index (χ0) is 28.8. The van der Waals surface area contributed by atoms with E-state index in [0.717, 1.165) is 32.6 Å². The number of hydrogen-bond donors (Lipinski definition) is 1. The predicted molar refractivity (Wildman–Crippen MR) is 165 cm³/mol. The van der Waals surface area contributed by atoms with E-state index in [9.17, 15) is 4.79 Å². The standard InChI is InChI=1S/C33H36BrNO4Si/c1-31(2,3)40(5,6)39-33-22-32(33,30(36)38-20-10-13-23-11-8-7-9-12-23)29(24-14-16-25(34)17-15-24)35-28-19-18-26(37-4)21-27(28)33/h7-9,11-12,14-19,21,29,35H,20,22H2,1-6H3/t29-,32+,33+/m0/s1. The second kappa shape index (κ2) is 10.4. The normalized spacial score (nSPS) is 23.0. The number of esters is 1. The van der Waals surface area contributed by atoms with Crippen molar-refractivity contribution in [2.45, 2.75) is 57.0 Å². The van der Waals surface area contributed by atoms with Crippen LogP contribution < -0.4 is 10.1 Å². The van der Waals surface area contributed by atoms with Crippen LogP contribution in [0.1, 0.15) is 49.9 Å². The van der Waals surface area contributed by atoms with Gasteiger partial charge in [0.05, 0.1) is 13.2 Å². The van der Waals surface area contributed by atoms with Crippen molar-refractivity contribution in [3.05, 3.63) is 94.0 Å². The summed E-state index contributed by atoms with van der Waals surface area (Å²) < 4.78 is 19.9. The Morgan fingerprint density at radius 3 is 2.42 bits per heavy atom. The van der Waals surface area contributed by atoms with Gasteiger partial charge in [0.25, 0.3) is 0 Å². The largest absolute Gasteiger partial charge is 0.497 e. The van der Waals surface area contributed by atoms with E-state index < -0.39 is 19.3 Å². The fourth-order valence-corrected chi connectivity index (χ4v) is 7.25. The minimum atomic E-state index is -2.35. The first kappa shape index (κ1) is 28.5. The van der Waals surface area contributed by atoms with Crippen molar-refractivity contribution < 1.29 is 18.7 Å². The molecule has 7 heteroatoms. The minimum Gasteiger partial charge on any atom is -0.497 e. The van der Waals surface area contributed by atoms with Gasteiger partial charge in [-0.25, -0.2) is 0 Å². The third-order valence-electron chi connectivity index (χ3n) is 8.66. The molecule has 1 fully saturated rings. The van der Waals surface area contributed by atoms with Gasteiger partial charge in [0, 0.05) is 27.7 Å². The Morgan fingerprint density at radius 1 is 1.07 bits per heavy atom. The zero-order valence-corrected chi connectivity index (χ0v) is 26.5. The molecule has 0 aromatic heterocycles. The molecule has 0 spiro atoms. The highest BCUT2D eigenvalue weighted by Crippen LogP contribution is 2.76. The molecule has 1 saturated carbocycles. The summed E-state index contributed by atoms with van der Waals surface area (Å²) in [6, 6.07) is 23.4. The van der Waals surface area contributed by atoms with Crippen molar-refractivity contribution in [2.24, 2.45) is 5.41 Å². The van der Waals surface area contributed by atoms with Gasteiger partial charge in [0.2, 0.25) is 0 Å². The molecule has 3 atom stereocenters. The fourth-order valence-electron chi connectivity index (χ4n) is 5.45. The average molecular weight is 619 g/mol. The number of ether oxygens (including phenoxy) is 2. The monoisotopic (exact) mass is 617 g/mol. The lowest BCUT2D eigenvalue weighted by atomic mass is 9.80. The number of carbonyl (C=O) groups is 1. The molecule has 0 radical (unpaired) electrons. The van der Waals surface area contributed by atoms with E-state index in [1.165, 1.54) is 0 Å². The van der Waals surface area contributed by atoms with Crippen LogP contribution in [0.4, 0.5) is 5.69 Å². The molecule has 1 aliphatic carbocycles. The number of halogens is 1. The van der Waals surface area contributed by atoms with Gasteiger partial charge in [-0.3, -0.25) is 4.79 Å². The van der Waals surface area contributed by atoms with Gasteiger partial charge in [-0.1, -0.05) is 78.9 Å². The van der Waals surface area contributed by atoms with E-state index in [-0.39, 0.29) is 23.7 Å². The lowest BCUT2D eigenvalue weighted by molar-refractivity contribution is -0.153. The van der Waals surface area contributed by atoms with Crippen molar-refractivity contribution in [2.75, 3.05) is 19.0 Å². The summed E-state index contributed by atoms with van der Waals surface area (Å²) in [6.45, 7) is 11.1. The lowest BCUT2D eigenvalue weighted by Gasteiger charge is -2.45. The summed E-state index contributed by atoms with van der Waals surface area (Å²) in [7, 11) is -0.689. The third-order valence-corrected chi connectivity index (χ3v) is 13.7. The fraction of sp³-hybridized carbons (Fsp3) is 0.364. The Kier molecular flexibility index (Phi) is 7.41. The Morgan fingerprint density at radius 2 is 1.77 bits per heavy atom. The summed E-state index contributed by atoms with van der Waals surface area (Å²) in [5.41, 5.74) is 1.94. The molecule has 3 aromatic rings. The van der Waals surface area contributed by atoms with Crippen LogP contribution in [-0.2, 0) is 19.6 Å². The quantitative estimate of drug-likeness (QED) is 0.173. The molecule has 0 amide bonds. The zero-order valence-electron chi connectivity index (χ0n) is 23.9. The molecule has 2 aliphatic rings. The van der Waals surface area contributed by atoms with E-state index >= 15 is 0 Å². The van der Waals surface area contributed by atoms with Crippen LogP contribution in [0, 0.1) is 17.3 Å². The van der Waals surface area contributed by atoms with E-state index in [4.69, 9.17) is 13.9 Å². The highest BCUT2D eigenvalue weighted by atomic mass is 79.9. The maximum atomic E-state index is 14.3. The van der Waals surface area contributed by atoms with Crippen LogP contribution in [0.25, 0.3) is 0 Å². The number of benzene rings is 3. The molecule has 3 aromatic carbocycles. The molecule has 0 bridgehead atoms. The number of hydrogen-bond acceptors (Lipinski definition) is 5. The summed E-state index contributed by atoms with van der Waals surface area (Å²) >= 11 is 3.55. The molecule has 40 heavy (non-hydrogen) atoms. The predicted octanol–water partition coefficient (Wildman–Crippen LogP) is 7.83. The number of fused-ring (bicyclic) bond motifs is 3. The average Bonchev–Trinajstić information content (AvgIpc) is 3.61. The number of nitrogens with one attached hydrogen (secondary N) is 1. The Bertz CT molecular complexity index is 1470. The molecule has 5 nitrogen and oxygen atoms in total. The van der Waals surface area contributed by atoms with Crippen LogP contribution in [0.15, 0.2) is 77.3 Å². The highest BCUT2D eigenvalue weighted by molar-refractivity contribution is 9.10. The molecular formula is C33H36BrNO4Si. The number of carbonyl (C=O) groups excluding carboxylic acids is 1. The van der Waals surface area contributed by atoms with Gasteiger partial charge >= 0.3 is 5.97 Å². The first-order chi connectivity index (χ1) is 18.9. The van der Waals surface area contributed by atoms with E-state index in [0.29, 0.717) is 6.42 Å². The third kappa shape index (κ3) is 4.87. The molecule has 0 unspecified atom stereocenters. The van der Waals surface area contributed by atoms with E-state index in [1.807, 2.05) is 60.7 Å². The van der Waals surface area contributed by atoms with Crippen LogP contribution in [-0.4, -0.2) is 28.0 Å². The molecular weight excluding hydrogens is 582 g/mol. The van der Waals surface area contributed by atoms with Crippen molar-refractivity contribution in [1.29, 1.82) is 0 Å². The second-order valence-electron chi connectivity index (χ2n) is 12.1. The van der Waals surface area contributed by atoms with E-state index in [1.54, 1.807) is 7.11 Å². The maximum Gasteiger partial charge on any atom is 0.318 e. The molecule has 5 rings (SSSR count). The van der Waals surface area contributed by atoms with Gasteiger partial charge in [-0.2, -0.15) is 0 Å². The van der Waals surface area contributed by atoms with Gasteiger partial charge in [-0.05, 0) is 66.2 Å². The van der Waals surface area contributed by atoms with Crippen molar-refractivity contribution in [1.82, 2.24) is 0 Å². The molecule has 0 saturated heterocycles. The minimum absolute atomic E-state index is 0.00365. The van der Waals surface area contributed by atoms with Crippen LogP contribution >= 0.6 is 15.9 Å². The SMILES string of the molecule is COc1ccc2c(c1)[C@]1(O[Si](C)(C)C(C)(C)C)C[C@]1(C(=O)OCC#Cc1ccccc1)[C@H](c1ccc(Br)cc1)N2. The summed E-state index contributed by atoms with van der Waals surface area (Å²) in [6.07, 6.45) is 0.505. The molecule has 1 N–H and O–H groups in total. The smallest absolute Gasteiger partial charge is 0.318 e. The molecule has 208 valence electrons. The Balaban J connectivity index is 1.60. The van der Waals surface area contributed by atoms with Gasteiger partial charge < -0.3 is 19.2 Å². The first-order valence-electron chi connectivity index (χ1n) is 13.6. The number of anilines is 1. The van der Waals surface area contributed by atoms with Crippen molar-refractivity contribution >= 4 is 35.9 Å². The molecule has 1 heterocycles. The van der Waals surface area contributed by atoms with Gasteiger partial charge in [0.15, 0.2) is 14.9 Å². The topological polar surface area (TPSA) is 56.8 Å². The molecule has 1 aliphatic heterocycles. The number of methoxy groups -OCH3 is 1. The Labute approximate surface area is 246 Å². The van der Waals surface area contributed by atoms with E-state index in [2.05, 4.69) is 79.1 Å². The highest BCUT2D eigenvalue weighted by Gasteiger charge is 2.81.